The molecule has 0 saturated carbocycles. The first kappa shape index (κ1) is 17.6. The number of methoxy groups -OCH3 is 1. The van der Waals surface area contributed by atoms with Crippen molar-refractivity contribution in [2.45, 2.75) is 25.0 Å². The minimum absolute atomic E-state index is 0.0154. The van der Waals surface area contributed by atoms with Crippen LogP contribution in [0.5, 0.6) is 10.9 Å². The van der Waals surface area contributed by atoms with Gasteiger partial charge in [0.2, 0.25) is 0 Å². The Morgan fingerprint density at radius 3 is 2.81 bits per heavy atom. The number of hydrogen-bond acceptors (Lipinski definition) is 7. The van der Waals surface area contributed by atoms with E-state index in [1.54, 1.807) is 12.0 Å². The zero-order valence-corrected chi connectivity index (χ0v) is 15.5. The fourth-order valence-corrected chi connectivity index (χ4v) is 3.99. The predicted molar refractivity (Wildman–Crippen MR) is 99.2 cm³/mol. The Morgan fingerprint density at radius 2 is 2.11 bits per heavy atom. The average molecular weight is 386 g/mol. The number of carbonyl (C=O) groups is 2. The van der Waals surface area contributed by atoms with Crippen molar-refractivity contribution >= 4 is 33.4 Å². The van der Waals surface area contributed by atoms with Crippen LogP contribution in [0.4, 0.5) is 0 Å². The third-order valence-electron chi connectivity index (χ3n) is 4.55. The molecule has 1 atom stereocenters. The first-order valence-electron chi connectivity index (χ1n) is 8.65. The van der Waals surface area contributed by atoms with E-state index >= 15 is 0 Å². The number of piperidine rings is 1. The van der Waals surface area contributed by atoms with Crippen LogP contribution in [0.2, 0.25) is 0 Å². The van der Waals surface area contributed by atoms with Gasteiger partial charge in [-0.25, -0.2) is 4.98 Å². The molecule has 27 heavy (non-hydrogen) atoms. The molecule has 2 aliphatic rings. The van der Waals surface area contributed by atoms with E-state index in [-0.39, 0.29) is 12.0 Å². The van der Waals surface area contributed by atoms with E-state index < -0.39 is 11.9 Å². The van der Waals surface area contributed by atoms with Crippen molar-refractivity contribution in [2.75, 3.05) is 20.2 Å². The Hall–Kier alpha value is -2.81. The zero-order valence-electron chi connectivity index (χ0n) is 14.7. The lowest BCUT2D eigenvalue weighted by atomic mass is 10.1. The van der Waals surface area contributed by atoms with Gasteiger partial charge in [-0.2, -0.15) is 5.11 Å². The van der Waals surface area contributed by atoms with E-state index in [2.05, 4.69) is 15.2 Å². The minimum Gasteiger partial charge on any atom is -0.497 e. The Labute approximate surface area is 159 Å². The summed E-state index contributed by atoms with van der Waals surface area (Å²) in [4.78, 5) is 29.7. The molecular weight excluding hydrogens is 368 g/mol. The lowest BCUT2D eigenvalue weighted by Crippen LogP contribution is -2.45. The number of amides is 2. The molecule has 0 N–H and O–H groups in total. The highest BCUT2D eigenvalue weighted by Gasteiger charge is 2.29. The molecule has 1 aromatic heterocycles. The molecule has 1 fully saturated rings. The third-order valence-corrected chi connectivity index (χ3v) is 5.46. The standard InChI is InChI=1S/C18H18N4O4S/c1-25-12-2-3-13-15(10-12)27-18(19-13)26-11-6-8-22(9-7-11)17(24)14-4-5-16(23)21-20-14/h2-5,10-11,14H,6-9H2,1H3. The van der Waals surface area contributed by atoms with Crippen LogP contribution in [-0.2, 0) is 9.59 Å². The van der Waals surface area contributed by atoms with E-state index in [9.17, 15) is 9.59 Å². The molecule has 1 unspecified atom stereocenters. The first-order valence-corrected chi connectivity index (χ1v) is 9.47. The van der Waals surface area contributed by atoms with Gasteiger partial charge in [0.05, 0.1) is 17.3 Å². The second-order valence-electron chi connectivity index (χ2n) is 6.31. The second kappa shape index (κ2) is 7.43. The van der Waals surface area contributed by atoms with Crippen LogP contribution in [0.1, 0.15) is 12.8 Å². The normalized spacial score (nSPS) is 20.3. The van der Waals surface area contributed by atoms with Crippen LogP contribution in [0.25, 0.3) is 10.2 Å². The number of thiazole rings is 1. The minimum atomic E-state index is -0.695. The van der Waals surface area contributed by atoms with Crippen LogP contribution >= 0.6 is 11.3 Å². The van der Waals surface area contributed by atoms with Crippen molar-refractivity contribution in [3.8, 4) is 10.9 Å². The van der Waals surface area contributed by atoms with Gasteiger partial charge in [0, 0.05) is 32.0 Å². The van der Waals surface area contributed by atoms with Gasteiger partial charge >= 0.3 is 0 Å². The number of carbonyl (C=O) groups excluding carboxylic acids is 2. The summed E-state index contributed by atoms with van der Waals surface area (Å²) in [5.41, 5.74) is 0.882. The summed E-state index contributed by atoms with van der Waals surface area (Å²) in [5.74, 6) is 0.229. The number of fused-ring (bicyclic) bond motifs is 1. The maximum Gasteiger partial charge on any atom is 0.287 e. The van der Waals surface area contributed by atoms with Crippen LogP contribution < -0.4 is 9.47 Å². The zero-order chi connectivity index (χ0) is 18.8. The monoisotopic (exact) mass is 386 g/mol. The summed E-state index contributed by atoms with van der Waals surface area (Å²) in [7, 11) is 1.64. The second-order valence-corrected chi connectivity index (χ2v) is 7.31. The Bertz CT molecular complexity index is 915. The molecule has 4 rings (SSSR count). The largest absolute Gasteiger partial charge is 0.497 e. The van der Waals surface area contributed by atoms with E-state index in [1.165, 1.54) is 23.5 Å². The van der Waals surface area contributed by atoms with E-state index in [1.807, 2.05) is 18.2 Å². The molecule has 0 radical (unpaired) electrons. The summed E-state index contributed by atoms with van der Waals surface area (Å²) in [5, 5.41) is 7.83. The number of ether oxygens (including phenoxy) is 2. The number of aromatic nitrogens is 1. The maximum atomic E-state index is 12.4. The smallest absolute Gasteiger partial charge is 0.287 e. The highest BCUT2D eigenvalue weighted by atomic mass is 32.1. The van der Waals surface area contributed by atoms with Crippen molar-refractivity contribution in [3.05, 3.63) is 30.4 Å². The van der Waals surface area contributed by atoms with Crippen molar-refractivity contribution in [1.82, 2.24) is 9.88 Å². The average Bonchev–Trinajstić information content (AvgIpc) is 3.10. The number of hydrogen-bond donors (Lipinski definition) is 0. The summed E-state index contributed by atoms with van der Waals surface area (Å²) in [6, 6.07) is 5.04. The number of nitrogens with zero attached hydrogens (tertiary/aromatic N) is 4. The maximum absolute atomic E-state index is 12.4. The molecule has 0 spiro atoms. The van der Waals surface area contributed by atoms with Crippen LogP contribution in [0.15, 0.2) is 40.6 Å². The fraction of sp³-hybridized carbons (Fsp3) is 0.389. The number of likely N-dealkylation sites (tertiary alicyclic amines) is 1. The summed E-state index contributed by atoms with van der Waals surface area (Å²) in [6.45, 7) is 1.16. The van der Waals surface area contributed by atoms with Crippen molar-refractivity contribution in [2.24, 2.45) is 10.2 Å². The molecule has 0 aliphatic carbocycles. The van der Waals surface area contributed by atoms with E-state index in [0.29, 0.717) is 18.3 Å². The number of benzene rings is 1. The molecule has 1 aromatic carbocycles. The summed E-state index contributed by atoms with van der Waals surface area (Å²) in [6.07, 6.45) is 4.24. The predicted octanol–water partition coefficient (Wildman–Crippen LogP) is 2.59. The van der Waals surface area contributed by atoms with Gasteiger partial charge in [0.25, 0.3) is 17.0 Å². The van der Waals surface area contributed by atoms with Gasteiger partial charge in [0.1, 0.15) is 11.9 Å². The summed E-state index contributed by atoms with van der Waals surface area (Å²) >= 11 is 1.49. The van der Waals surface area contributed by atoms with Gasteiger partial charge in [-0.1, -0.05) is 11.3 Å². The lowest BCUT2D eigenvalue weighted by molar-refractivity contribution is -0.133. The van der Waals surface area contributed by atoms with Crippen molar-refractivity contribution in [1.29, 1.82) is 0 Å². The highest BCUT2D eigenvalue weighted by molar-refractivity contribution is 7.20. The molecule has 2 aliphatic heterocycles. The van der Waals surface area contributed by atoms with Crippen molar-refractivity contribution < 1.29 is 19.1 Å². The van der Waals surface area contributed by atoms with Gasteiger partial charge in [-0.15, -0.1) is 5.11 Å². The van der Waals surface area contributed by atoms with Gasteiger partial charge in [0.15, 0.2) is 6.04 Å². The van der Waals surface area contributed by atoms with Crippen LogP contribution in [0.3, 0.4) is 0 Å². The Balaban J connectivity index is 1.34. The molecular formula is C18H18N4O4S. The fourth-order valence-electron chi connectivity index (χ4n) is 3.08. The number of azo groups is 1. The third kappa shape index (κ3) is 3.82. The van der Waals surface area contributed by atoms with Crippen LogP contribution in [-0.4, -0.2) is 54.0 Å². The van der Waals surface area contributed by atoms with E-state index in [0.717, 1.165) is 28.8 Å². The molecule has 2 aromatic rings. The van der Waals surface area contributed by atoms with Crippen molar-refractivity contribution in [3.63, 3.8) is 0 Å². The van der Waals surface area contributed by atoms with Gasteiger partial charge < -0.3 is 14.4 Å². The Kier molecular flexibility index (Phi) is 4.85. The molecule has 8 nitrogen and oxygen atoms in total. The molecule has 0 bridgehead atoms. The Morgan fingerprint density at radius 1 is 1.30 bits per heavy atom. The SMILES string of the molecule is COc1ccc2nc(OC3CCN(C(=O)C4C=CC(=O)N=N4)CC3)sc2c1. The quantitative estimate of drug-likeness (QED) is 0.805. The van der Waals surface area contributed by atoms with Gasteiger partial charge in [-0.3, -0.25) is 9.59 Å². The first-order chi connectivity index (χ1) is 13.1. The highest BCUT2D eigenvalue weighted by Crippen LogP contribution is 2.32. The molecule has 140 valence electrons. The molecule has 2 amide bonds. The molecule has 1 saturated heterocycles. The molecule has 9 heteroatoms. The summed E-state index contributed by atoms with van der Waals surface area (Å²) < 4.78 is 12.3. The van der Waals surface area contributed by atoms with Gasteiger partial charge in [-0.05, 0) is 24.3 Å². The molecule has 3 heterocycles. The topological polar surface area (TPSA) is 93.5 Å². The lowest BCUT2D eigenvalue weighted by Gasteiger charge is -2.32. The van der Waals surface area contributed by atoms with E-state index in [4.69, 9.17) is 9.47 Å². The van der Waals surface area contributed by atoms with Crippen LogP contribution in [0, 0.1) is 0 Å². The number of rotatable bonds is 4.